The lowest BCUT2D eigenvalue weighted by molar-refractivity contribution is 0.673. The number of aromatic nitrogens is 3. The molecule has 2 heterocycles. The minimum atomic E-state index is 0.546. The van der Waals surface area contributed by atoms with Gasteiger partial charge in [0.25, 0.3) is 0 Å². The molecule has 0 bridgehead atoms. The fraction of sp³-hybridized carbons (Fsp3) is 0.111. The van der Waals surface area contributed by atoms with Crippen molar-refractivity contribution < 1.29 is 0 Å². The molecule has 4 nitrogen and oxygen atoms in total. The molecule has 0 radical (unpaired) electrons. The van der Waals surface area contributed by atoms with Crippen molar-refractivity contribution in [2.24, 2.45) is 0 Å². The third-order valence-electron chi connectivity index (χ3n) is 1.75. The molecule has 2 aromatic rings. The summed E-state index contributed by atoms with van der Waals surface area (Å²) in [5.41, 5.74) is 6.50. The van der Waals surface area contributed by atoms with E-state index in [1.807, 2.05) is 29.2 Å². The van der Waals surface area contributed by atoms with Crippen molar-refractivity contribution >= 4 is 28.4 Å². The largest absolute Gasteiger partial charge is 0.384 e. The molecule has 0 atom stereocenters. The quantitative estimate of drug-likeness (QED) is 0.855. The molecule has 2 aromatic heterocycles. The smallest absolute Gasteiger partial charge is 0.123 e. The molecule has 0 amide bonds. The number of hydrogen-bond acceptors (Lipinski definition) is 3. The molecule has 2 N–H and O–H groups in total. The highest BCUT2D eigenvalue weighted by Gasteiger charge is 1.98. The molecule has 0 aromatic carbocycles. The highest BCUT2D eigenvalue weighted by molar-refractivity contribution is 14.1. The van der Waals surface area contributed by atoms with Gasteiger partial charge in [0, 0.05) is 6.20 Å². The van der Waals surface area contributed by atoms with Crippen molar-refractivity contribution in [3.05, 3.63) is 39.9 Å². The average molecular weight is 300 g/mol. The highest BCUT2D eigenvalue weighted by atomic mass is 127. The Balaban J connectivity index is 2.18. The standard InChI is InChI=1S/C9H9IN4/c10-7-4-12-14(5-7)6-8-2-1-3-9(11)13-8/h1-5H,6H2,(H2,11,13). The lowest BCUT2D eigenvalue weighted by Gasteiger charge is -2.01. The Bertz CT molecular complexity index is 438. The van der Waals surface area contributed by atoms with Gasteiger partial charge < -0.3 is 5.73 Å². The van der Waals surface area contributed by atoms with Crippen LogP contribution in [0.1, 0.15) is 5.69 Å². The second-order valence-corrected chi connectivity index (χ2v) is 4.16. The zero-order valence-electron chi connectivity index (χ0n) is 7.39. The Labute approximate surface area is 95.3 Å². The van der Waals surface area contributed by atoms with Gasteiger partial charge in [-0.2, -0.15) is 5.10 Å². The third kappa shape index (κ3) is 2.22. The number of anilines is 1. The van der Waals surface area contributed by atoms with Gasteiger partial charge in [-0.25, -0.2) is 4.98 Å². The molecule has 72 valence electrons. The van der Waals surface area contributed by atoms with Crippen molar-refractivity contribution in [1.82, 2.24) is 14.8 Å². The van der Waals surface area contributed by atoms with Crippen molar-refractivity contribution in [2.75, 3.05) is 5.73 Å². The van der Waals surface area contributed by atoms with Crippen LogP contribution >= 0.6 is 22.6 Å². The maximum absolute atomic E-state index is 5.58. The Morgan fingerprint density at radius 2 is 2.29 bits per heavy atom. The summed E-state index contributed by atoms with van der Waals surface area (Å²) < 4.78 is 2.95. The Morgan fingerprint density at radius 3 is 2.93 bits per heavy atom. The van der Waals surface area contributed by atoms with E-state index in [-0.39, 0.29) is 0 Å². The van der Waals surface area contributed by atoms with E-state index in [0.717, 1.165) is 9.26 Å². The minimum absolute atomic E-state index is 0.546. The first-order chi connectivity index (χ1) is 6.74. The van der Waals surface area contributed by atoms with Crippen LogP contribution in [0.25, 0.3) is 0 Å². The predicted octanol–water partition coefficient (Wildman–Crippen LogP) is 1.51. The second kappa shape index (κ2) is 3.95. The molecule has 14 heavy (non-hydrogen) atoms. The maximum atomic E-state index is 5.58. The zero-order chi connectivity index (χ0) is 9.97. The van der Waals surface area contributed by atoms with Gasteiger partial charge in [-0.15, -0.1) is 0 Å². The summed E-state index contributed by atoms with van der Waals surface area (Å²) in [5, 5.41) is 4.17. The van der Waals surface area contributed by atoms with Crippen molar-refractivity contribution in [2.45, 2.75) is 6.54 Å². The number of nitrogens with two attached hydrogens (primary N) is 1. The number of hydrogen-bond donors (Lipinski definition) is 1. The lowest BCUT2D eigenvalue weighted by Crippen LogP contribution is -2.03. The summed E-state index contributed by atoms with van der Waals surface area (Å²) in [6.07, 6.45) is 3.78. The number of nitrogen functional groups attached to an aromatic ring is 1. The van der Waals surface area contributed by atoms with E-state index in [0.29, 0.717) is 12.4 Å². The third-order valence-corrected chi connectivity index (χ3v) is 2.31. The highest BCUT2D eigenvalue weighted by Crippen LogP contribution is 2.05. The Hall–Kier alpha value is -1.11. The molecular formula is C9H9IN4. The molecule has 0 saturated carbocycles. The van der Waals surface area contributed by atoms with Crippen LogP contribution < -0.4 is 5.73 Å². The fourth-order valence-corrected chi connectivity index (χ4v) is 1.62. The molecule has 0 unspecified atom stereocenters. The van der Waals surface area contributed by atoms with Gasteiger partial charge in [0.05, 0.1) is 22.0 Å². The van der Waals surface area contributed by atoms with Gasteiger partial charge in [-0.05, 0) is 34.7 Å². The van der Waals surface area contributed by atoms with E-state index in [2.05, 4.69) is 32.7 Å². The molecular weight excluding hydrogens is 291 g/mol. The van der Waals surface area contributed by atoms with E-state index in [1.165, 1.54) is 0 Å². The van der Waals surface area contributed by atoms with E-state index >= 15 is 0 Å². The molecule has 0 aliphatic carbocycles. The Morgan fingerprint density at radius 1 is 1.43 bits per heavy atom. The number of halogens is 1. The van der Waals surface area contributed by atoms with Crippen LogP contribution in [0.4, 0.5) is 5.82 Å². The summed E-state index contributed by atoms with van der Waals surface area (Å²) in [6, 6.07) is 5.60. The molecule has 0 saturated heterocycles. The van der Waals surface area contributed by atoms with Crippen LogP contribution in [0.15, 0.2) is 30.6 Å². The van der Waals surface area contributed by atoms with Crippen LogP contribution in [0, 0.1) is 3.57 Å². The van der Waals surface area contributed by atoms with Crippen LogP contribution in [0.2, 0.25) is 0 Å². The number of pyridine rings is 1. The van der Waals surface area contributed by atoms with Gasteiger partial charge in [0.15, 0.2) is 0 Å². The minimum Gasteiger partial charge on any atom is -0.384 e. The molecule has 0 aliphatic rings. The van der Waals surface area contributed by atoms with E-state index in [9.17, 15) is 0 Å². The molecule has 5 heteroatoms. The Kier molecular flexibility index (Phi) is 2.67. The molecule has 2 rings (SSSR count). The molecule has 0 aliphatic heterocycles. The predicted molar refractivity (Wildman–Crippen MR) is 62.7 cm³/mol. The maximum Gasteiger partial charge on any atom is 0.123 e. The molecule has 0 spiro atoms. The summed E-state index contributed by atoms with van der Waals surface area (Å²) in [7, 11) is 0. The number of rotatable bonds is 2. The van der Waals surface area contributed by atoms with E-state index in [4.69, 9.17) is 5.73 Å². The van der Waals surface area contributed by atoms with Crippen LogP contribution in [0.5, 0.6) is 0 Å². The van der Waals surface area contributed by atoms with Crippen molar-refractivity contribution in [3.8, 4) is 0 Å². The summed E-state index contributed by atoms with van der Waals surface area (Å²) in [6.45, 7) is 0.661. The average Bonchev–Trinajstić information content (AvgIpc) is 2.51. The first kappa shape index (κ1) is 9.45. The van der Waals surface area contributed by atoms with Gasteiger partial charge in [0.2, 0.25) is 0 Å². The van der Waals surface area contributed by atoms with Crippen molar-refractivity contribution in [1.29, 1.82) is 0 Å². The first-order valence-electron chi connectivity index (χ1n) is 4.13. The SMILES string of the molecule is Nc1cccc(Cn2cc(I)cn2)n1. The topological polar surface area (TPSA) is 56.7 Å². The van der Waals surface area contributed by atoms with Crippen LogP contribution in [0.3, 0.4) is 0 Å². The van der Waals surface area contributed by atoms with Gasteiger partial charge >= 0.3 is 0 Å². The fourth-order valence-electron chi connectivity index (χ4n) is 1.18. The zero-order valence-corrected chi connectivity index (χ0v) is 9.55. The normalized spacial score (nSPS) is 10.4. The van der Waals surface area contributed by atoms with Crippen LogP contribution in [-0.4, -0.2) is 14.8 Å². The number of nitrogens with zero attached hydrogens (tertiary/aromatic N) is 3. The van der Waals surface area contributed by atoms with Gasteiger partial charge in [-0.1, -0.05) is 6.07 Å². The van der Waals surface area contributed by atoms with Crippen LogP contribution in [-0.2, 0) is 6.54 Å². The van der Waals surface area contributed by atoms with E-state index in [1.54, 1.807) is 6.07 Å². The van der Waals surface area contributed by atoms with Crippen molar-refractivity contribution in [3.63, 3.8) is 0 Å². The summed E-state index contributed by atoms with van der Waals surface area (Å²) >= 11 is 2.22. The van der Waals surface area contributed by atoms with E-state index < -0.39 is 0 Å². The van der Waals surface area contributed by atoms with Gasteiger partial charge in [-0.3, -0.25) is 4.68 Å². The second-order valence-electron chi connectivity index (χ2n) is 2.91. The van der Waals surface area contributed by atoms with Gasteiger partial charge in [0.1, 0.15) is 5.82 Å². The lowest BCUT2D eigenvalue weighted by atomic mass is 10.3. The first-order valence-corrected chi connectivity index (χ1v) is 5.21. The molecule has 0 fully saturated rings. The monoisotopic (exact) mass is 300 g/mol. The summed E-state index contributed by atoms with van der Waals surface area (Å²) in [4.78, 5) is 4.19. The summed E-state index contributed by atoms with van der Waals surface area (Å²) in [5.74, 6) is 0.546.